The summed E-state index contributed by atoms with van der Waals surface area (Å²) in [5, 5.41) is 0. The number of ether oxygens (including phenoxy) is 2. The minimum Gasteiger partial charge on any atom is -0.494 e. The third-order valence-corrected chi connectivity index (χ3v) is 3.24. The number of nitrogens with zero attached hydrogens (tertiary/aromatic N) is 1. The Morgan fingerprint density at radius 1 is 1.32 bits per heavy atom. The van der Waals surface area contributed by atoms with Gasteiger partial charge in [-0.05, 0) is 18.2 Å². The molecule has 3 rings (SSSR count). The van der Waals surface area contributed by atoms with Crippen LogP contribution in [-0.4, -0.2) is 24.5 Å². The highest BCUT2D eigenvalue weighted by atomic mass is 16.5. The lowest BCUT2D eigenvalue weighted by Crippen LogP contribution is -2.16. The van der Waals surface area contributed by atoms with E-state index in [0.29, 0.717) is 18.1 Å². The predicted molar refractivity (Wildman–Crippen MR) is 69.8 cm³/mol. The molecule has 1 atom stereocenters. The normalized spacial score (nSPS) is 16.6. The highest BCUT2D eigenvalue weighted by molar-refractivity contribution is 6.02. The summed E-state index contributed by atoms with van der Waals surface area (Å²) < 4.78 is 10.7. The van der Waals surface area contributed by atoms with Crippen molar-refractivity contribution in [3.8, 4) is 11.5 Å². The number of aromatic nitrogens is 1. The van der Waals surface area contributed by atoms with Gasteiger partial charge in [-0.3, -0.25) is 4.79 Å². The molecule has 19 heavy (non-hydrogen) atoms. The van der Waals surface area contributed by atoms with Crippen LogP contribution in [0.5, 0.6) is 11.5 Å². The molecule has 2 aromatic rings. The maximum Gasteiger partial charge on any atom is 0.195 e. The van der Waals surface area contributed by atoms with Gasteiger partial charge in [0.25, 0.3) is 0 Å². The fourth-order valence-electron chi connectivity index (χ4n) is 2.29. The van der Waals surface area contributed by atoms with Crippen molar-refractivity contribution < 1.29 is 14.3 Å². The van der Waals surface area contributed by atoms with E-state index in [1.165, 1.54) is 7.11 Å². The van der Waals surface area contributed by atoms with E-state index in [0.717, 1.165) is 11.3 Å². The Balaban J connectivity index is 1.98. The molecule has 1 unspecified atom stereocenters. The number of benzene rings is 1. The number of rotatable bonds is 3. The second kappa shape index (κ2) is 4.72. The standard InChI is InChI=1S/C15H13NO3/c1-18-13-7-4-8-16-14(13)15(17)11-9-19-12-6-3-2-5-10(11)12/h2-8,11H,9H2,1H3. The summed E-state index contributed by atoms with van der Waals surface area (Å²) in [6, 6.07) is 11.1. The van der Waals surface area contributed by atoms with Gasteiger partial charge in [0.2, 0.25) is 0 Å². The largest absolute Gasteiger partial charge is 0.494 e. The van der Waals surface area contributed by atoms with E-state index in [9.17, 15) is 4.79 Å². The van der Waals surface area contributed by atoms with Gasteiger partial charge in [0.15, 0.2) is 5.78 Å². The van der Waals surface area contributed by atoms with Crippen LogP contribution in [0.2, 0.25) is 0 Å². The lowest BCUT2D eigenvalue weighted by molar-refractivity contribution is 0.0939. The van der Waals surface area contributed by atoms with Crippen molar-refractivity contribution in [1.82, 2.24) is 4.98 Å². The Labute approximate surface area is 111 Å². The highest BCUT2D eigenvalue weighted by Crippen LogP contribution is 2.36. The van der Waals surface area contributed by atoms with Gasteiger partial charge in [-0.1, -0.05) is 18.2 Å². The number of pyridine rings is 1. The Hall–Kier alpha value is -2.36. The van der Waals surface area contributed by atoms with Gasteiger partial charge < -0.3 is 9.47 Å². The topological polar surface area (TPSA) is 48.4 Å². The molecule has 1 aromatic carbocycles. The first-order chi connectivity index (χ1) is 9.31. The molecule has 1 aliphatic heterocycles. The average Bonchev–Trinajstić information content (AvgIpc) is 2.90. The Morgan fingerprint density at radius 3 is 3.00 bits per heavy atom. The van der Waals surface area contributed by atoms with Crippen LogP contribution in [0, 0.1) is 0 Å². The number of Topliss-reactive ketones (excluding diaryl/α,β-unsaturated/α-hetero) is 1. The third-order valence-electron chi connectivity index (χ3n) is 3.24. The minimum absolute atomic E-state index is 0.0672. The van der Waals surface area contributed by atoms with E-state index in [-0.39, 0.29) is 11.7 Å². The third kappa shape index (κ3) is 1.95. The molecule has 0 aliphatic carbocycles. The van der Waals surface area contributed by atoms with Crippen LogP contribution in [0.15, 0.2) is 42.6 Å². The second-order valence-electron chi connectivity index (χ2n) is 4.32. The fourth-order valence-corrected chi connectivity index (χ4v) is 2.29. The fraction of sp³-hybridized carbons (Fsp3) is 0.200. The van der Waals surface area contributed by atoms with Crippen LogP contribution in [0.4, 0.5) is 0 Å². The molecule has 0 spiro atoms. The summed E-state index contributed by atoms with van der Waals surface area (Å²) in [5.41, 5.74) is 1.27. The lowest BCUT2D eigenvalue weighted by atomic mass is 9.94. The minimum atomic E-state index is -0.306. The number of hydrogen-bond donors (Lipinski definition) is 0. The zero-order valence-electron chi connectivity index (χ0n) is 10.5. The lowest BCUT2D eigenvalue weighted by Gasteiger charge is -2.10. The van der Waals surface area contributed by atoms with E-state index in [1.807, 2.05) is 24.3 Å². The zero-order chi connectivity index (χ0) is 13.2. The number of para-hydroxylation sites is 1. The van der Waals surface area contributed by atoms with Gasteiger partial charge in [0.1, 0.15) is 23.8 Å². The molecule has 4 nitrogen and oxygen atoms in total. The Kier molecular flexibility index (Phi) is 2.91. The summed E-state index contributed by atoms with van der Waals surface area (Å²) in [7, 11) is 1.53. The van der Waals surface area contributed by atoms with E-state index >= 15 is 0 Å². The molecule has 0 fully saturated rings. The molecule has 1 aliphatic rings. The number of carbonyl (C=O) groups excluding carboxylic acids is 1. The van der Waals surface area contributed by atoms with Gasteiger partial charge in [-0.25, -0.2) is 4.98 Å². The number of methoxy groups -OCH3 is 1. The quantitative estimate of drug-likeness (QED) is 0.790. The molecule has 2 heterocycles. The first kappa shape index (κ1) is 11.7. The van der Waals surface area contributed by atoms with Gasteiger partial charge in [0, 0.05) is 11.8 Å². The van der Waals surface area contributed by atoms with E-state index in [1.54, 1.807) is 18.3 Å². The van der Waals surface area contributed by atoms with Crippen molar-refractivity contribution in [2.45, 2.75) is 5.92 Å². The SMILES string of the molecule is COc1cccnc1C(=O)C1COc2ccccc21. The van der Waals surface area contributed by atoms with Crippen molar-refractivity contribution in [1.29, 1.82) is 0 Å². The monoisotopic (exact) mass is 255 g/mol. The van der Waals surface area contributed by atoms with Gasteiger partial charge in [0.05, 0.1) is 13.0 Å². The molecule has 96 valence electrons. The number of hydrogen-bond acceptors (Lipinski definition) is 4. The van der Waals surface area contributed by atoms with Gasteiger partial charge in [-0.2, -0.15) is 0 Å². The van der Waals surface area contributed by atoms with Crippen molar-refractivity contribution >= 4 is 5.78 Å². The molecule has 0 N–H and O–H groups in total. The molecule has 0 bridgehead atoms. The zero-order valence-corrected chi connectivity index (χ0v) is 10.5. The second-order valence-corrected chi connectivity index (χ2v) is 4.32. The molecule has 4 heteroatoms. The van der Waals surface area contributed by atoms with Crippen LogP contribution in [-0.2, 0) is 0 Å². The van der Waals surface area contributed by atoms with E-state index in [4.69, 9.17) is 9.47 Å². The van der Waals surface area contributed by atoms with E-state index < -0.39 is 0 Å². The highest BCUT2D eigenvalue weighted by Gasteiger charge is 2.32. The van der Waals surface area contributed by atoms with Gasteiger partial charge in [-0.15, -0.1) is 0 Å². The van der Waals surface area contributed by atoms with E-state index in [2.05, 4.69) is 4.98 Å². The first-order valence-corrected chi connectivity index (χ1v) is 6.06. The summed E-state index contributed by atoms with van der Waals surface area (Å²) >= 11 is 0. The smallest absolute Gasteiger partial charge is 0.195 e. The molecule has 0 amide bonds. The van der Waals surface area contributed by atoms with Crippen molar-refractivity contribution in [3.05, 3.63) is 53.9 Å². The first-order valence-electron chi connectivity index (χ1n) is 6.06. The molecule has 0 saturated heterocycles. The molecular formula is C15H13NO3. The van der Waals surface area contributed by atoms with Crippen LogP contribution in [0.25, 0.3) is 0 Å². The summed E-state index contributed by atoms with van der Waals surface area (Å²) in [6.07, 6.45) is 1.59. The number of fused-ring (bicyclic) bond motifs is 1. The summed E-state index contributed by atoms with van der Waals surface area (Å²) in [6.45, 7) is 0.359. The van der Waals surface area contributed by atoms with Gasteiger partial charge >= 0.3 is 0 Å². The predicted octanol–water partition coefficient (Wildman–Crippen LogP) is 2.45. The van der Waals surface area contributed by atoms with Crippen LogP contribution < -0.4 is 9.47 Å². The number of ketones is 1. The van der Waals surface area contributed by atoms with Crippen molar-refractivity contribution in [3.63, 3.8) is 0 Å². The van der Waals surface area contributed by atoms with Crippen molar-refractivity contribution in [2.24, 2.45) is 0 Å². The Morgan fingerprint density at radius 2 is 2.16 bits per heavy atom. The summed E-state index contributed by atoms with van der Waals surface area (Å²) in [5.74, 6) is 0.898. The van der Waals surface area contributed by atoms with Crippen LogP contribution in [0.1, 0.15) is 22.0 Å². The maximum absolute atomic E-state index is 12.6. The Bertz CT molecular complexity index is 624. The molecular weight excluding hydrogens is 242 g/mol. The molecule has 0 saturated carbocycles. The number of carbonyl (C=O) groups is 1. The maximum atomic E-state index is 12.6. The molecule has 1 aromatic heterocycles. The van der Waals surface area contributed by atoms with Crippen molar-refractivity contribution in [2.75, 3.05) is 13.7 Å². The van der Waals surface area contributed by atoms with Crippen LogP contribution in [0.3, 0.4) is 0 Å². The van der Waals surface area contributed by atoms with Crippen LogP contribution >= 0.6 is 0 Å². The molecule has 0 radical (unpaired) electrons. The summed E-state index contributed by atoms with van der Waals surface area (Å²) in [4.78, 5) is 16.7. The average molecular weight is 255 g/mol.